The van der Waals surface area contributed by atoms with Crippen LogP contribution in [0.1, 0.15) is 0 Å². The minimum absolute atomic E-state index is 0.594. The first-order valence-electron chi connectivity index (χ1n) is 6.75. The second-order valence-corrected chi connectivity index (χ2v) is 5.63. The number of fused-ring (bicyclic) bond motifs is 1. The number of hydrogen-bond acceptors (Lipinski definition) is 5. The first-order valence-corrected chi connectivity index (χ1v) is 7.63. The summed E-state index contributed by atoms with van der Waals surface area (Å²) in [5, 5.41) is 6.61. The number of benzene rings is 1. The fourth-order valence-corrected chi connectivity index (χ4v) is 2.94. The van der Waals surface area contributed by atoms with E-state index in [4.69, 9.17) is 4.74 Å². The Morgan fingerprint density at radius 3 is 2.68 bits per heavy atom. The maximum Gasteiger partial charge on any atom is 0.253 e. The summed E-state index contributed by atoms with van der Waals surface area (Å²) in [5.41, 5.74) is 1.98. The molecule has 0 fully saturated rings. The van der Waals surface area contributed by atoms with Crippen molar-refractivity contribution in [3.05, 3.63) is 54.0 Å². The molecule has 1 aromatic carbocycles. The van der Waals surface area contributed by atoms with Crippen molar-refractivity contribution in [3.63, 3.8) is 0 Å². The molecule has 22 heavy (non-hydrogen) atoms. The molecule has 4 rings (SSSR count). The second-order valence-electron chi connectivity index (χ2n) is 4.68. The minimum Gasteiger partial charge on any atom is -0.497 e. The lowest BCUT2D eigenvalue weighted by Crippen LogP contribution is -1.96. The van der Waals surface area contributed by atoms with Crippen molar-refractivity contribution < 1.29 is 4.74 Å². The Morgan fingerprint density at radius 2 is 1.95 bits per heavy atom. The molecule has 3 heterocycles. The van der Waals surface area contributed by atoms with Crippen molar-refractivity contribution in [2.45, 2.75) is 0 Å². The van der Waals surface area contributed by atoms with Gasteiger partial charge in [0, 0.05) is 11.8 Å². The molecule has 3 aromatic heterocycles. The van der Waals surface area contributed by atoms with Gasteiger partial charge in [-0.1, -0.05) is 6.07 Å². The molecule has 0 aliphatic heterocycles. The van der Waals surface area contributed by atoms with Crippen LogP contribution < -0.4 is 4.74 Å². The number of ether oxygens (including phenoxy) is 1. The monoisotopic (exact) mass is 308 g/mol. The summed E-state index contributed by atoms with van der Waals surface area (Å²) in [5.74, 6) is 2.12. The van der Waals surface area contributed by atoms with Gasteiger partial charge in [0.15, 0.2) is 5.82 Å². The van der Waals surface area contributed by atoms with E-state index >= 15 is 0 Å². The third-order valence-corrected chi connectivity index (χ3v) is 4.23. The molecule has 0 radical (unpaired) electrons. The van der Waals surface area contributed by atoms with Gasteiger partial charge in [-0.2, -0.15) is 9.50 Å². The van der Waals surface area contributed by atoms with E-state index in [-0.39, 0.29) is 0 Å². The highest BCUT2D eigenvalue weighted by molar-refractivity contribution is 7.13. The maximum atomic E-state index is 5.20. The number of hydrogen-bond donors (Lipinski definition) is 0. The van der Waals surface area contributed by atoms with E-state index in [1.165, 1.54) is 0 Å². The minimum atomic E-state index is 0.594. The quantitative estimate of drug-likeness (QED) is 0.581. The van der Waals surface area contributed by atoms with Crippen LogP contribution >= 0.6 is 11.3 Å². The van der Waals surface area contributed by atoms with Gasteiger partial charge in [0.25, 0.3) is 5.78 Å². The van der Waals surface area contributed by atoms with Crippen LogP contribution in [0.5, 0.6) is 5.75 Å². The van der Waals surface area contributed by atoms with Crippen LogP contribution in [0, 0.1) is 0 Å². The van der Waals surface area contributed by atoms with Crippen LogP contribution in [0.2, 0.25) is 0 Å². The third-order valence-electron chi connectivity index (χ3n) is 3.37. The summed E-state index contributed by atoms with van der Waals surface area (Å²) in [7, 11) is 1.66. The van der Waals surface area contributed by atoms with E-state index in [2.05, 4.69) is 15.1 Å². The van der Waals surface area contributed by atoms with Crippen molar-refractivity contribution >= 4 is 17.1 Å². The molecule has 0 saturated heterocycles. The third kappa shape index (κ3) is 2.14. The molecule has 0 saturated carbocycles. The topological polar surface area (TPSA) is 52.3 Å². The van der Waals surface area contributed by atoms with Crippen LogP contribution in [0.4, 0.5) is 0 Å². The number of methoxy groups -OCH3 is 1. The molecule has 0 N–H and O–H groups in total. The van der Waals surface area contributed by atoms with E-state index in [0.717, 1.165) is 21.9 Å². The van der Waals surface area contributed by atoms with Crippen LogP contribution in [0.15, 0.2) is 54.0 Å². The smallest absolute Gasteiger partial charge is 0.253 e. The van der Waals surface area contributed by atoms with Crippen molar-refractivity contribution in [1.82, 2.24) is 19.6 Å². The normalized spacial score (nSPS) is 11.0. The average Bonchev–Trinajstić information content (AvgIpc) is 3.23. The van der Waals surface area contributed by atoms with Crippen LogP contribution in [0.3, 0.4) is 0 Å². The molecular formula is C16H12N4OS. The number of thiophene rings is 1. The summed E-state index contributed by atoms with van der Waals surface area (Å²) in [6.45, 7) is 0. The number of rotatable bonds is 3. The molecule has 0 amide bonds. The van der Waals surface area contributed by atoms with E-state index in [9.17, 15) is 0 Å². The highest BCUT2D eigenvalue weighted by atomic mass is 32.1. The Hall–Kier alpha value is -2.73. The highest BCUT2D eigenvalue weighted by Gasteiger charge is 2.11. The van der Waals surface area contributed by atoms with Gasteiger partial charge in [-0.3, -0.25) is 0 Å². The SMILES string of the molecule is COc1ccc(-c2ccnc3nc(-c4cccs4)nn23)cc1. The fraction of sp³-hybridized carbons (Fsp3) is 0.0625. The fourth-order valence-electron chi connectivity index (χ4n) is 2.28. The van der Waals surface area contributed by atoms with E-state index in [1.807, 2.05) is 47.8 Å². The van der Waals surface area contributed by atoms with Gasteiger partial charge in [0.05, 0.1) is 17.7 Å². The average molecular weight is 308 g/mol. The predicted octanol–water partition coefficient (Wildman–Crippen LogP) is 3.53. The molecular weight excluding hydrogens is 296 g/mol. The largest absolute Gasteiger partial charge is 0.497 e. The molecule has 0 unspecified atom stereocenters. The Labute approximate surface area is 130 Å². The zero-order chi connectivity index (χ0) is 14.9. The first-order chi connectivity index (χ1) is 10.8. The van der Waals surface area contributed by atoms with Crippen LogP contribution in [-0.2, 0) is 0 Å². The van der Waals surface area contributed by atoms with Crippen molar-refractivity contribution in [2.75, 3.05) is 7.11 Å². The molecule has 108 valence electrons. The van der Waals surface area contributed by atoms with Gasteiger partial charge >= 0.3 is 0 Å². The Kier molecular flexibility index (Phi) is 3.08. The highest BCUT2D eigenvalue weighted by Crippen LogP contribution is 2.25. The Morgan fingerprint density at radius 1 is 1.09 bits per heavy atom. The Bertz CT molecular complexity index is 913. The van der Waals surface area contributed by atoms with Crippen molar-refractivity contribution in [3.8, 4) is 27.7 Å². The molecule has 0 spiro atoms. The van der Waals surface area contributed by atoms with Crippen LogP contribution in [-0.4, -0.2) is 26.7 Å². The molecule has 0 atom stereocenters. The molecule has 0 bridgehead atoms. The molecule has 0 aliphatic rings. The predicted molar refractivity (Wildman–Crippen MR) is 86.1 cm³/mol. The first kappa shape index (κ1) is 13.0. The van der Waals surface area contributed by atoms with Crippen LogP contribution in [0.25, 0.3) is 27.7 Å². The number of aromatic nitrogens is 4. The number of nitrogens with zero attached hydrogens (tertiary/aromatic N) is 4. The van der Waals surface area contributed by atoms with Crippen molar-refractivity contribution in [2.24, 2.45) is 0 Å². The van der Waals surface area contributed by atoms with Crippen molar-refractivity contribution in [1.29, 1.82) is 0 Å². The summed E-state index contributed by atoms with van der Waals surface area (Å²) < 4.78 is 6.97. The second kappa shape index (κ2) is 5.23. The molecule has 0 aliphatic carbocycles. The van der Waals surface area contributed by atoms with Gasteiger partial charge in [-0.25, -0.2) is 4.98 Å². The molecule has 4 aromatic rings. The van der Waals surface area contributed by atoms with Gasteiger partial charge in [0.2, 0.25) is 0 Å². The summed E-state index contributed by atoms with van der Waals surface area (Å²) >= 11 is 1.62. The van der Waals surface area contributed by atoms with E-state index < -0.39 is 0 Å². The molecule has 5 nitrogen and oxygen atoms in total. The zero-order valence-corrected chi connectivity index (χ0v) is 12.6. The Balaban J connectivity index is 1.86. The standard InChI is InChI=1S/C16H12N4OS/c1-21-12-6-4-11(5-7-12)13-8-9-17-16-18-15(19-20(13)16)14-3-2-10-22-14/h2-10H,1H3. The van der Waals surface area contributed by atoms with E-state index in [0.29, 0.717) is 11.6 Å². The lowest BCUT2D eigenvalue weighted by atomic mass is 10.1. The lowest BCUT2D eigenvalue weighted by molar-refractivity contribution is 0.415. The van der Waals surface area contributed by atoms with Gasteiger partial charge in [-0.05, 0) is 41.8 Å². The van der Waals surface area contributed by atoms with Gasteiger partial charge < -0.3 is 4.74 Å². The van der Waals surface area contributed by atoms with Gasteiger partial charge in [-0.15, -0.1) is 16.4 Å². The summed E-state index contributed by atoms with van der Waals surface area (Å²) in [6, 6.07) is 13.8. The summed E-state index contributed by atoms with van der Waals surface area (Å²) in [6.07, 6.45) is 1.75. The lowest BCUT2D eigenvalue weighted by Gasteiger charge is -2.04. The molecule has 6 heteroatoms. The zero-order valence-electron chi connectivity index (χ0n) is 11.8. The maximum absolute atomic E-state index is 5.20. The van der Waals surface area contributed by atoms with Gasteiger partial charge in [0.1, 0.15) is 5.75 Å². The van der Waals surface area contributed by atoms with E-state index in [1.54, 1.807) is 29.2 Å². The summed E-state index contributed by atoms with van der Waals surface area (Å²) in [4.78, 5) is 9.84.